The molecule has 0 unspecified atom stereocenters. The molecule has 0 spiro atoms. The number of carbonyl (C=O) groups excluding carboxylic acids is 1. The Bertz CT molecular complexity index is 1660. The molecular weight excluding hydrogens is 512 g/mol. The van der Waals surface area contributed by atoms with Crippen LogP contribution in [0.1, 0.15) is 10.4 Å². The van der Waals surface area contributed by atoms with Gasteiger partial charge in [0.15, 0.2) is 5.13 Å². The number of nitrogens with zero attached hydrogens (tertiary/aromatic N) is 5. The van der Waals surface area contributed by atoms with Gasteiger partial charge in [-0.3, -0.25) is 19.8 Å². The number of aromatic nitrogens is 2. The summed E-state index contributed by atoms with van der Waals surface area (Å²) in [5.41, 5.74) is 4.04. The van der Waals surface area contributed by atoms with E-state index >= 15 is 0 Å². The molecular formula is C29H26N6O3S. The SMILES string of the molecule is O=C(NCCN1CCN(c2nc3ccc([N+](=O)[O-])cc3s2)CC1)c1cc(-c2ccccc2)nc2ccccc12. The molecule has 3 heterocycles. The van der Waals surface area contributed by atoms with Crippen LogP contribution in [-0.2, 0) is 0 Å². The lowest BCUT2D eigenvalue weighted by molar-refractivity contribution is -0.384. The van der Waals surface area contributed by atoms with E-state index in [1.807, 2.05) is 60.7 Å². The van der Waals surface area contributed by atoms with Crippen molar-refractivity contribution in [1.82, 2.24) is 20.2 Å². The second kappa shape index (κ2) is 10.8. The van der Waals surface area contributed by atoms with Gasteiger partial charge < -0.3 is 10.2 Å². The van der Waals surface area contributed by atoms with Crippen LogP contribution in [0.2, 0.25) is 0 Å². The van der Waals surface area contributed by atoms with Crippen LogP contribution in [0.4, 0.5) is 10.8 Å². The average Bonchev–Trinajstić information content (AvgIpc) is 3.41. The minimum atomic E-state index is -0.379. The van der Waals surface area contributed by atoms with Gasteiger partial charge in [-0.05, 0) is 18.2 Å². The van der Waals surface area contributed by atoms with Gasteiger partial charge in [0.25, 0.3) is 11.6 Å². The number of fused-ring (bicyclic) bond motifs is 2. The van der Waals surface area contributed by atoms with E-state index in [-0.39, 0.29) is 16.5 Å². The van der Waals surface area contributed by atoms with Crippen molar-refractivity contribution >= 4 is 49.2 Å². The summed E-state index contributed by atoms with van der Waals surface area (Å²) >= 11 is 1.49. The predicted octanol–water partition coefficient (Wildman–Crippen LogP) is 4.97. The third-order valence-corrected chi connectivity index (χ3v) is 8.04. The van der Waals surface area contributed by atoms with Crippen LogP contribution in [0.5, 0.6) is 0 Å². The van der Waals surface area contributed by atoms with Crippen molar-refractivity contribution < 1.29 is 9.72 Å². The summed E-state index contributed by atoms with van der Waals surface area (Å²) in [4.78, 5) is 38.0. The van der Waals surface area contributed by atoms with E-state index in [0.29, 0.717) is 12.1 Å². The first-order valence-corrected chi connectivity index (χ1v) is 13.6. The van der Waals surface area contributed by atoms with Crippen LogP contribution in [-0.4, -0.2) is 65.0 Å². The summed E-state index contributed by atoms with van der Waals surface area (Å²) < 4.78 is 0.823. The van der Waals surface area contributed by atoms with Crippen LogP contribution in [0.15, 0.2) is 78.9 Å². The predicted molar refractivity (Wildman–Crippen MR) is 154 cm³/mol. The zero-order chi connectivity index (χ0) is 26.8. The molecule has 39 heavy (non-hydrogen) atoms. The number of nitro groups is 1. The van der Waals surface area contributed by atoms with Crippen LogP contribution < -0.4 is 10.2 Å². The number of rotatable bonds is 7. The largest absolute Gasteiger partial charge is 0.351 e. The Kier molecular flexibility index (Phi) is 6.87. The van der Waals surface area contributed by atoms with Crippen LogP contribution >= 0.6 is 11.3 Å². The Morgan fingerprint density at radius 1 is 0.923 bits per heavy atom. The Morgan fingerprint density at radius 2 is 1.69 bits per heavy atom. The Balaban J connectivity index is 1.07. The Morgan fingerprint density at radius 3 is 2.49 bits per heavy atom. The van der Waals surface area contributed by atoms with E-state index in [4.69, 9.17) is 4.98 Å². The maximum atomic E-state index is 13.3. The lowest BCUT2D eigenvalue weighted by Gasteiger charge is -2.34. The average molecular weight is 539 g/mol. The summed E-state index contributed by atoms with van der Waals surface area (Å²) in [5, 5.41) is 15.9. The summed E-state index contributed by atoms with van der Waals surface area (Å²) in [7, 11) is 0. The van der Waals surface area contributed by atoms with Gasteiger partial charge >= 0.3 is 0 Å². The molecule has 0 radical (unpaired) electrons. The van der Waals surface area contributed by atoms with Crippen LogP contribution in [0.3, 0.4) is 0 Å². The number of nitro benzene ring substituents is 1. The summed E-state index contributed by atoms with van der Waals surface area (Å²) in [5.74, 6) is -0.104. The van der Waals surface area contributed by atoms with E-state index in [2.05, 4.69) is 20.1 Å². The van der Waals surface area contributed by atoms with E-state index < -0.39 is 0 Å². The molecule has 0 atom stereocenters. The Labute approximate surface area is 228 Å². The third-order valence-electron chi connectivity index (χ3n) is 6.96. The molecule has 2 aromatic heterocycles. The fourth-order valence-electron chi connectivity index (χ4n) is 4.86. The highest BCUT2D eigenvalue weighted by molar-refractivity contribution is 7.22. The standard InChI is InChI=1S/C29H26N6O3S/c36-28(23-19-26(20-6-2-1-3-7-20)31-24-9-5-4-8-22(23)24)30-12-13-33-14-16-34(17-15-33)29-32-25-11-10-21(35(37)38)18-27(25)39-29/h1-11,18-19H,12-17H2,(H,30,36). The number of anilines is 1. The first-order chi connectivity index (χ1) is 19.0. The maximum Gasteiger partial charge on any atom is 0.270 e. The number of hydrogen-bond acceptors (Lipinski definition) is 8. The number of pyridine rings is 1. The monoisotopic (exact) mass is 538 g/mol. The molecule has 196 valence electrons. The summed E-state index contributed by atoms with van der Waals surface area (Å²) in [6.45, 7) is 4.61. The van der Waals surface area contributed by atoms with Crippen molar-refractivity contribution in [1.29, 1.82) is 0 Å². The number of hydrogen-bond donors (Lipinski definition) is 1. The van der Waals surface area contributed by atoms with Crippen molar-refractivity contribution in [3.8, 4) is 11.3 Å². The molecule has 0 bridgehead atoms. The molecule has 3 aromatic carbocycles. The van der Waals surface area contributed by atoms with Gasteiger partial charge in [-0.2, -0.15) is 0 Å². The molecule has 1 amide bonds. The normalized spacial score (nSPS) is 14.1. The zero-order valence-corrected chi connectivity index (χ0v) is 21.9. The minimum absolute atomic E-state index is 0.0839. The van der Waals surface area contributed by atoms with Gasteiger partial charge in [-0.1, -0.05) is 59.9 Å². The smallest absolute Gasteiger partial charge is 0.270 e. The van der Waals surface area contributed by atoms with Crippen molar-refractivity contribution in [3.63, 3.8) is 0 Å². The molecule has 6 rings (SSSR count). The minimum Gasteiger partial charge on any atom is -0.351 e. The van der Waals surface area contributed by atoms with Crippen LogP contribution in [0, 0.1) is 10.1 Å². The first kappa shape index (κ1) is 24.9. The topological polar surface area (TPSA) is 105 Å². The molecule has 1 N–H and O–H groups in total. The fourth-order valence-corrected chi connectivity index (χ4v) is 5.91. The van der Waals surface area contributed by atoms with Crippen molar-refractivity contribution in [2.24, 2.45) is 0 Å². The lowest BCUT2D eigenvalue weighted by Crippen LogP contribution is -2.48. The third kappa shape index (κ3) is 5.29. The second-order valence-corrected chi connectivity index (χ2v) is 10.4. The van der Waals surface area contributed by atoms with E-state index in [1.54, 1.807) is 12.1 Å². The van der Waals surface area contributed by atoms with Gasteiger partial charge in [0.1, 0.15) is 0 Å². The Hall–Kier alpha value is -4.41. The zero-order valence-electron chi connectivity index (χ0n) is 21.1. The van der Waals surface area contributed by atoms with E-state index in [0.717, 1.165) is 70.2 Å². The van der Waals surface area contributed by atoms with Crippen molar-refractivity contribution in [2.45, 2.75) is 0 Å². The van der Waals surface area contributed by atoms with Crippen LogP contribution in [0.25, 0.3) is 32.4 Å². The molecule has 1 aliphatic heterocycles. The number of thiazole rings is 1. The fraction of sp³-hybridized carbons (Fsp3) is 0.207. The van der Waals surface area contributed by atoms with Gasteiger partial charge in [0, 0.05) is 62.4 Å². The number of para-hydroxylation sites is 1. The number of amides is 1. The van der Waals surface area contributed by atoms with Crippen molar-refractivity contribution in [2.75, 3.05) is 44.2 Å². The molecule has 5 aromatic rings. The van der Waals surface area contributed by atoms with E-state index in [9.17, 15) is 14.9 Å². The van der Waals surface area contributed by atoms with Gasteiger partial charge in [-0.15, -0.1) is 0 Å². The van der Waals surface area contributed by atoms with Gasteiger partial charge in [0.05, 0.1) is 31.9 Å². The number of nitrogens with one attached hydrogen (secondary N) is 1. The number of piperazine rings is 1. The number of carbonyl (C=O) groups is 1. The highest BCUT2D eigenvalue weighted by Crippen LogP contribution is 2.32. The molecule has 1 fully saturated rings. The van der Waals surface area contributed by atoms with Crippen molar-refractivity contribution in [3.05, 3.63) is 94.5 Å². The summed E-state index contributed by atoms with van der Waals surface area (Å²) in [6, 6.07) is 24.3. The van der Waals surface area contributed by atoms with Gasteiger partial charge in [-0.25, -0.2) is 9.97 Å². The molecule has 10 heteroatoms. The van der Waals surface area contributed by atoms with Gasteiger partial charge in [0.2, 0.25) is 0 Å². The number of non-ortho nitro benzene ring substituents is 1. The lowest BCUT2D eigenvalue weighted by atomic mass is 10.0. The highest BCUT2D eigenvalue weighted by Gasteiger charge is 2.21. The summed E-state index contributed by atoms with van der Waals surface area (Å²) in [6.07, 6.45) is 0. The molecule has 1 saturated heterocycles. The molecule has 1 aliphatic rings. The molecule has 0 aliphatic carbocycles. The second-order valence-electron chi connectivity index (χ2n) is 9.43. The highest BCUT2D eigenvalue weighted by atomic mass is 32.1. The first-order valence-electron chi connectivity index (χ1n) is 12.8. The molecule has 9 nitrogen and oxygen atoms in total. The quantitative estimate of drug-likeness (QED) is 0.230. The molecule has 0 saturated carbocycles. The number of benzene rings is 3. The van der Waals surface area contributed by atoms with E-state index in [1.165, 1.54) is 17.4 Å². The maximum absolute atomic E-state index is 13.3.